The van der Waals surface area contributed by atoms with Crippen LogP contribution in [0.15, 0.2) is 30.4 Å². The Morgan fingerprint density at radius 2 is 1.98 bits per heavy atom. The van der Waals surface area contributed by atoms with Crippen LogP contribution >= 0.6 is 12.6 Å². The summed E-state index contributed by atoms with van der Waals surface area (Å²) in [7, 11) is 3.24. The SMILES string of the molecule is CNCOC(C)(S)CC(=O)N1CCN(C(=O)Oc2ccc(CNC(=O)CCCC/C=C/C(C)C)cc2OC)C(CN)C1. The lowest BCUT2D eigenvalue weighted by Crippen LogP contribution is -2.59. The summed E-state index contributed by atoms with van der Waals surface area (Å²) in [4.78, 5) is 40.5. The van der Waals surface area contributed by atoms with Gasteiger partial charge in [-0.3, -0.25) is 14.9 Å². The van der Waals surface area contributed by atoms with Gasteiger partial charge >= 0.3 is 6.09 Å². The van der Waals surface area contributed by atoms with Gasteiger partial charge in [-0.25, -0.2) is 4.79 Å². The minimum Gasteiger partial charge on any atom is -0.493 e. The van der Waals surface area contributed by atoms with Gasteiger partial charge in [0.1, 0.15) is 4.93 Å². The average molecular weight is 608 g/mol. The summed E-state index contributed by atoms with van der Waals surface area (Å²) in [6, 6.07) is 4.76. The number of carbonyl (C=O) groups is 3. The van der Waals surface area contributed by atoms with Gasteiger partial charge in [0.15, 0.2) is 11.5 Å². The predicted molar refractivity (Wildman–Crippen MR) is 166 cm³/mol. The molecule has 0 spiro atoms. The van der Waals surface area contributed by atoms with Gasteiger partial charge < -0.3 is 35.1 Å². The number of nitrogens with one attached hydrogen (secondary N) is 2. The molecule has 1 fully saturated rings. The summed E-state index contributed by atoms with van der Waals surface area (Å²) in [5, 5.41) is 5.80. The highest BCUT2D eigenvalue weighted by Gasteiger charge is 2.35. The lowest BCUT2D eigenvalue weighted by Gasteiger charge is -2.41. The van der Waals surface area contributed by atoms with Gasteiger partial charge in [-0.2, -0.15) is 0 Å². The van der Waals surface area contributed by atoms with E-state index in [1.54, 1.807) is 37.1 Å². The highest BCUT2D eigenvalue weighted by molar-refractivity contribution is 7.81. The van der Waals surface area contributed by atoms with Crippen LogP contribution in [0.1, 0.15) is 58.4 Å². The number of ether oxygens (including phenoxy) is 3. The maximum absolute atomic E-state index is 13.1. The van der Waals surface area contributed by atoms with E-state index in [1.165, 1.54) is 12.0 Å². The number of hydrogen-bond donors (Lipinski definition) is 4. The van der Waals surface area contributed by atoms with Crippen molar-refractivity contribution in [2.75, 3.05) is 47.1 Å². The third-order valence-corrected chi connectivity index (χ3v) is 7.10. The predicted octanol–water partition coefficient (Wildman–Crippen LogP) is 3.28. The number of piperazine rings is 1. The van der Waals surface area contributed by atoms with Gasteiger partial charge in [0.05, 0.1) is 26.3 Å². The van der Waals surface area contributed by atoms with E-state index in [-0.39, 0.29) is 50.3 Å². The van der Waals surface area contributed by atoms with Crippen molar-refractivity contribution in [3.63, 3.8) is 0 Å². The fourth-order valence-corrected chi connectivity index (χ4v) is 4.66. The van der Waals surface area contributed by atoms with Crippen molar-refractivity contribution in [3.8, 4) is 11.5 Å². The van der Waals surface area contributed by atoms with Crippen LogP contribution in [0.4, 0.5) is 4.79 Å². The lowest BCUT2D eigenvalue weighted by atomic mass is 10.1. The first-order chi connectivity index (χ1) is 20.0. The van der Waals surface area contributed by atoms with Gasteiger partial charge in [0.25, 0.3) is 0 Å². The fraction of sp³-hybridized carbons (Fsp3) is 0.633. The maximum atomic E-state index is 13.1. The van der Waals surface area contributed by atoms with Gasteiger partial charge in [-0.05, 0) is 56.8 Å². The molecular formula is C30H49N5O6S. The van der Waals surface area contributed by atoms with Crippen molar-refractivity contribution >= 4 is 30.5 Å². The largest absolute Gasteiger partial charge is 0.493 e. The van der Waals surface area contributed by atoms with E-state index >= 15 is 0 Å². The number of carbonyl (C=O) groups excluding carboxylic acids is 3. The van der Waals surface area contributed by atoms with Gasteiger partial charge in [-0.1, -0.05) is 32.1 Å². The van der Waals surface area contributed by atoms with E-state index < -0.39 is 17.1 Å². The molecule has 1 aliphatic rings. The number of benzene rings is 1. The molecule has 0 radical (unpaired) electrons. The quantitative estimate of drug-likeness (QED) is 0.0974. The van der Waals surface area contributed by atoms with Crippen LogP contribution in [0.3, 0.4) is 0 Å². The smallest absolute Gasteiger partial charge is 0.415 e. The Kier molecular flexibility index (Phi) is 15.2. The number of unbranched alkanes of at least 4 members (excludes halogenated alkanes) is 2. The Morgan fingerprint density at radius 3 is 2.64 bits per heavy atom. The standard InChI is InChI=1S/C30H49N5O6S/c1-22(2)10-8-6-7-9-11-27(36)33-19-23-12-13-25(26(16-23)39-5)41-29(38)35-15-14-34(20-24(35)18-31)28(37)17-30(3,42)40-21-32-4/h8,10,12-13,16,22,24,32,42H,6-7,9,11,14-15,17-21,31H2,1-5H3,(H,33,36)/b10-8+. The Hall–Kier alpha value is -2.80. The molecule has 2 atom stereocenters. The molecule has 1 aromatic carbocycles. The molecule has 2 rings (SSSR count). The van der Waals surface area contributed by atoms with Crippen LogP contribution < -0.4 is 25.8 Å². The van der Waals surface area contributed by atoms with Gasteiger partial charge in [0.2, 0.25) is 11.8 Å². The van der Waals surface area contributed by atoms with Crippen LogP contribution in [0.2, 0.25) is 0 Å². The topological polar surface area (TPSA) is 135 Å². The van der Waals surface area contributed by atoms with Crippen molar-refractivity contribution in [2.24, 2.45) is 11.7 Å². The van der Waals surface area contributed by atoms with Gasteiger partial charge in [-0.15, -0.1) is 12.6 Å². The maximum Gasteiger partial charge on any atom is 0.415 e. The number of methoxy groups -OCH3 is 1. The molecule has 1 saturated heterocycles. The molecule has 1 aromatic rings. The van der Waals surface area contributed by atoms with E-state index in [2.05, 4.69) is 49.3 Å². The number of rotatable bonds is 16. The lowest BCUT2D eigenvalue weighted by molar-refractivity contribution is -0.137. The van der Waals surface area contributed by atoms with Crippen molar-refractivity contribution in [1.82, 2.24) is 20.4 Å². The van der Waals surface area contributed by atoms with Crippen molar-refractivity contribution in [2.45, 2.75) is 70.4 Å². The number of nitrogens with zero attached hydrogens (tertiary/aromatic N) is 2. The van der Waals surface area contributed by atoms with Crippen LogP contribution in [0.25, 0.3) is 0 Å². The molecule has 3 amide bonds. The number of hydrogen-bond acceptors (Lipinski definition) is 9. The van der Waals surface area contributed by atoms with Crippen LogP contribution in [-0.2, 0) is 20.9 Å². The normalized spacial score (nSPS) is 16.9. The number of allylic oxidation sites excluding steroid dienone is 2. The summed E-state index contributed by atoms with van der Waals surface area (Å²) in [5.74, 6) is 1.04. The summed E-state index contributed by atoms with van der Waals surface area (Å²) >= 11 is 4.46. The first-order valence-electron chi connectivity index (χ1n) is 14.6. The molecule has 0 aromatic heterocycles. The zero-order valence-electron chi connectivity index (χ0n) is 25.7. The van der Waals surface area contributed by atoms with E-state index in [0.29, 0.717) is 31.2 Å². The molecule has 42 heavy (non-hydrogen) atoms. The van der Waals surface area contributed by atoms with E-state index in [0.717, 1.165) is 24.8 Å². The number of thiol groups is 1. The Labute approximate surface area is 255 Å². The van der Waals surface area contributed by atoms with E-state index in [1.807, 2.05) is 0 Å². The molecule has 1 heterocycles. The number of nitrogens with two attached hydrogens (primary N) is 1. The zero-order valence-corrected chi connectivity index (χ0v) is 26.6. The zero-order chi connectivity index (χ0) is 31.1. The molecule has 1 aliphatic heterocycles. The summed E-state index contributed by atoms with van der Waals surface area (Å²) in [6.45, 7) is 7.69. The van der Waals surface area contributed by atoms with Crippen LogP contribution in [0, 0.1) is 5.92 Å². The van der Waals surface area contributed by atoms with E-state index in [9.17, 15) is 14.4 Å². The second-order valence-electron chi connectivity index (χ2n) is 11.0. The minimum atomic E-state index is -0.926. The second-order valence-corrected chi connectivity index (χ2v) is 11.9. The Balaban J connectivity index is 1.88. The highest BCUT2D eigenvalue weighted by atomic mass is 32.1. The molecule has 0 bridgehead atoms. The third kappa shape index (κ3) is 12.2. The monoisotopic (exact) mass is 607 g/mol. The minimum absolute atomic E-state index is 0.00718. The Bertz CT molecular complexity index is 1050. The molecule has 0 aliphatic carbocycles. The first kappa shape index (κ1) is 35.4. The number of amides is 3. The fourth-order valence-electron chi connectivity index (χ4n) is 4.46. The summed E-state index contributed by atoms with van der Waals surface area (Å²) in [5.41, 5.74) is 6.80. The summed E-state index contributed by atoms with van der Waals surface area (Å²) < 4.78 is 16.7. The molecule has 0 saturated carbocycles. The molecule has 2 unspecified atom stereocenters. The van der Waals surface area contributed by atoms with Crippen molar-refractivity contribution < 1.29 is 28.6 Å². The van der Waals surface area contributed by atoms with E-state index in [4.69, 9.17) is 19.9 Å². The van der Waals surface area contributed by atoms with Crippen molar-refractivity contribution in [3.05, 3.63) is 35.9 Å². The van der Waals surface area contributed by atoms with Crippen molar-refractivity contribution in [1.29, 1.82) is 0 Å². The first-order valence-corrected chi connectivity index (χ1v) is 15.0. The van der Waals surface area contributed by atoms with Crippen LogP contribution in [0.5, 0.6) is 11.5 Å². The third-order valence-electron chi connectivity index (χ3n) is 6.81. The second kappa shape index (κ2) is 18.0. The molecule has 4 N–H and O–H groups in total. The highest BCUT2D eigenvalue weighted by Crippen LogP contribution is 2.29. The van der Waals surface area contributed by atoms with Crippen LogP contribution in [-0.4, -0.2) is 85.7 Å². The molecular weight excluding hydrogens is 558 g/mol. The molecule has 11 nitrogen and oxygen atoms in total. The van der Waals surface area contributed by atoms with Gasteiger partial charge in [0, 0.05) is 39.1 Å². The average Bonchev–Trinajstić information content (AvgIpc) is 2.96. The summed E-state index contributed by atoms with van der Waals surface area (Å²) in [6.07, 6.45) is 7.11. The Morgan fingerprint density at radius 1 is 1.21 bits per heavy atom. The molecule has 236 valence electrons. The molecule has 12 heteroatoms.